The lowest BCUT2D eigenvalue weighted by atomic mass is 9.91. The van der Waals surface area contributed by atoms with Crippen LogP contribution in [0.15, 0.2) is 66.9 Å². The van der Waals surface area contributed by atoms with Crippen molar-refractivity contribution in [2.75, 3.05) is 13.1 Å². The van der Waals surface area contributed by atoms with E-state index in [1.54, 1.807) is 6.20 Å². The van der Waals surface area contributed by atoms with Gasteiger partial charge in [0.15, 0.2) is 0 Å². The highest BCUT2D eigenvalue weighted by Crippen LogP contribution is 2.36. The number of fused-ring (bicyclic) bond motifs is 1. The number of aromatic nitrogens is 1. The third-order valence-electron chi connectivity index (χ3n) is 5.18. The number of carbonyl (C=O) groups excluding carboxylic acids is 1. The lowest BCUT2D eigenvalue weighted by Crippen LogP contribution is -2.28. The summed E-state index contributed by atoms with van der Waals surface area (Å²) in [6, 6.07) is 22.2. The van der Waals surface area contributed by atoms with Crippen LogP contribution in [0.25, 0.3) is 33.2 Å². The van der Waals surface area contributed by atoms with Crippen LogP contribution in [0.4, 0.5) is 0 Å². The van der Waals surface area contributed by atoms with Gasteiger partial charge in [-0.1, -0.05) is 42.0 Å². The quantitative estimate of drug-likeness (QED) is 0.469. The number of rotatable bonds is 5. The van der Waals surface area contributed by atoms with E-state index >= 15 is 0 Å². The van der Waals surface area contributed by atoms with E-state index in [9.17, 15) is 4.79 Å². The number of aryl methyl sites for hydroxylation is 1. The monoisotopic (exact) mass is 394 g/mol. The van der Waals surface area contributed by atoms with Gasteiger partial charge in [-0.2, -0.15) is 5.26 Å². The molecule has 0 fully saturated rings. The number of carbonyl (C=O) groups is 1. The van der Waals surface area contributed by atoms with Crippen molar-refractivity contribution >= 4 is 16.8 Å². The van der Waals surface area contributed by atoms with Gasteiger partial charge in [0.1, 0.15) is 0 Å². The highest BCUT2D eigenvalue weighted by Gasteiger charge is 2.16. The Morgan fingerprint density at radius 2 is 1.67 bits per heavy atom. The molecule has 0 atom stereocenters. The molecule has 5 nitrogen and oxygen atoms in total. The van der Waals surface area contributed by atoms with E-state index in [2.05, 4.69) is 53.6 Å². The maximum absolute atomic E-state index is 12.6. The summed E-state index contributed by atoms with van der Waals surface area (Å²) in [7, 11) is 0. The van der Waals surface area contributed by atoms with Crippen LogP contribution in [0.3, 0.4) is 0 Å². The summed E-state index contributed by atoms with van der Waals surface area (Å²) in [4.78, 5) is 15.8. The van der Waals surface area contributed by atoms with Crippen molar-refractivity contribution in [3.8, 4) is 28.3 Å². The van der Waals surface area contributed by atoms with Crippen LogP contribution in [0.1, 0.15) is 21.5 Å². The van der Waals surface area contributed by atoms with E-state index in [1.165, 1.54) is 5.56 Å². The number of hydrogen-bond donors (Lipinski definition) is 3. The predicted octanol–water partition coefficient (Wildman–Crippen LogP) is 4.37. The maximum Gasteiger partial charge on any atom is 0.253 e. The summed E-state index contributed by atoms with van der Waals surface area (Å²) in [5, 5.41) is 12.8. The van der Waals surface area contributed by atoms with Crippen LogP contribution in [-0.4, -0.2) is 24.0 Å². The summed E-state index contributed by atoms with van der Waals surface area (Å²) in [5.41, 5.74) is 12.9. The molecule has 0 radical (unpaired) electrons. The van der Waals surface area contributed by atoms with Gasteiger partial charge >= 0.3 is 0 Å². The maximum atomic E-state index is 12.6. The molecular formula is C25H22N4O. The average Bonchev–Trinajstić information content (AvgIpc) is 3.20. The van der Waals surface area contributed by atoms with Gasteiger partial charge < -0.3 is 16.0 Å². The van der Waals surface area contributed by atoms with Gasteiger partial charge in [0.2, 0.25) is 0 Å². The minimum absolute atomic E-state index is 0.152. The molecule has 4 N–H and O–H groups in total. The zero-order chi connectivity index (χ0) is 21.1. The molecule has 0 aliphatic rings. The summed E-state index contributed by atoms with van der Waals surface area (Å²) in [6.07, 6.45) is 1.73. The fourth-order valence-electron chi connectivity index (χ4n) is 3.57. The third-order valence-corrected chi connectivity index (χ3v) is 5.18. The topological polar surface area (TPSA) is 94.7 Å². The zero-order valence-corrected chi connectivity index (χ0v) is 16.7. The van der Waals surface area contributed by atoms with Crippen molar-refractivity contribution in [3.05, 3.63) is 83.6 Å². The number of aromatic amines is 1. The Balaban J connectivity index is 1.91. The fourth-order valence-corrected chi connectivity index (χ4v) is 3.57. The molecular weight excluding hydrogens is 372 g/mol. The Labute approximate surface area is 175 Å². The standard InChI is InChI=1S/C25H22N4O/c1-16-2-6-18(7-3-16)21-13-24-22(23(15-29-24)25(30)28-11-10-26)12-20(21)19-8-4-17(14-27)5-9-19/h2-9,12-13,15,29H,10-11,26H2,1H3,(H,28,30). The first-order chi connectivity index (χ1) is 14.6. The fraction of sp³-hybridized carbons (Fsp3) is 0.120. The van der Waals surface area contributed by atoms with E-state index in [0.29, 0.717) is 24.2 Å². The molecule has 1 heterocycles. The predicted molar refractivity (Wildman–Crippen MR) is 120 cm³/mol. The minimum Gasteiger partial charge on any atom is -0.360 e. The van der Waals surface area contributed by atoms with Crippen molar-refractivity contribution in [1.82, 2.24) is 10.3 Å². The number of hydrogen-bond acceptors (Lipinski definition) is 3. The molecule has 1 amide bonds. The van der Waals surface area contributed by atoms with Crippen LogP contribution in [0, 0.1) is 18.3 Å². The normalized spacial score (nSPS) is 10.7. The molecule has 0 bridgehead atoms. The van der Waals surface area contributed by atoms with Crippen molar-refractivity contribution in [2.24, 2.45) is 5.73 Å². The van der Waals surface area contributed by atoms with E-state index in [-0.39, 0.29) is 5.91 Å². The highest BCUT2D eigenvalue weighted by atomic mass is 16.1. The van der Waals surface area contributed by atoms with Crippen molar-refractivity contribution in [3.63, 3.8) is 0 Å². The van der Waals surface area contributed by atoms with Gasteiger partial charge in [0.25, 0.3) is 5.91 Å². The summed E-state index contributed by atoms with van der Waals surface area (Å²) >= 11 is 0. The van der Waals surface area contributed by atoms with Crippen molar-refractivity contribution < 1.29 is 4.79 Å². The van der Waals surface area contributed by atoms with Crippen LogP contribution >= 0.6 is 0 Å². The Morgan fingerprint density at radius 3 is 2.30 bits per heavy atom. The third kappa shape index (κ3) is 3.69. The van der Waals surface area contributed by atoms with Gasteiger partial charge in [-0.15, -0.1) is 0 Å². The second-order valence-electron chi connectivity index (χ2n) is 7.25. The number of benzene rings is 3. The summed E-state index contributed by atoms with van der Waals surface area (Å²) < 4.78 is 0. The second-order valence-corrected chi connectivity index (χ2v) is 7.25. The number of nitriles is 1. The van der Waals surface area contributed by atoms with Gasteiger partial charge in [-0.05, 0) is 53.4 Å². The first-order valence-electron chi connectivity index (χ1n) is 9.81. The molecule has 4 rings (SSSR count). The molecule has 0 aliphatic heterocycles. The molecule has 0 spiro atoms. The number of nitrogens with zero attached hydrogens (tertiary/aromatic N) is 1. The zero-order valence-electron chi connectivity index (χ0n) is 16.7. The molecule has 1 aromatic heterocycles. The molecule has 148 valence electrons. The lowest BCUT2D eigenvalue weighted by molar-refractivity contribution is 0.0956. The molecule has 0 saturated carbocycles. The van der Waals surface area contributed by atoms with Gasteiger partial charge in [0, 0.05) is 30.2 Å². The molecule has 0 saturated heterocycles. The van der Waals surface area contributed by atoms with Crippen molar-refractivity contribution in [2.45, 2.75) is 6.92 Å². The first-order valence-corrected chi connectivity index (χ1v) is 9.81. The SMILES string of the molecule is Cc1ccc(-c2cc3[nH]cc(C(=O)NCCN)c3cc2-c2ccc(C#N)cc2)cc1. The van der Waals surface area contributed by atoms with Crippen LogP contribution in [0.5, 0.6) is 0 Å². The van der Waals surface area contributed by atoms with E-state index in [0.717, 1.165) is 33.2 Å². The highest BCUT2D eigenvalue weighted by molar-refractivity contribution is 6.09. The summed E-state index contributed by atoms with van der Waals surface area (Å²) in [6.45, 7) is 2.88. The number of nitrogens with one attached hydrogen (secondary N) is 2. The Morgan fingerprint density at radius 1 is 1.03 bits per heavy atom. The van der Waals surface area contributed by atoms with Crippen LogP contribution in [0.2, 0.25) is 0 Å². The first kappa shape index (κ1) is 19.4. The Bertz CT molecular complexity index is 1250. The van der Waals surface area contributed by atoms with E-state index in [4.69, 9.17) is 11.0 Å². The van der Waals surface area contributed by atoms with E-state index in [1.807, 2.05) is 30.3 Å². The van der Waals surface area contributed by atoms with Gasteiger partial charge in [-0.3, -0.25) is 4.79 Å². The molecule has 0 aliphatic carbocycles. The number of H-pyrrole nitrogens is 1. The summed E-state index contributed by atoms with van der Waals surface area (Å²) in [5.74, 6) is -0.152. The minimum atomic E-state index is -0.152. The average molecular weight is 394 g/mol. The Kier molecular flexibility index (Phi) is 5.34. The smallest absolute Gasteiger partial charge is 0.253 e. The van der Waals surface area contributed by atoms with Crippen LogP contribution in [-0.2, 0) is 0 Å². The molecule has 4 aromatic rings. The lowest BCUT2D eigenvalue weighted by Gasteiger charge is -2.12. The van der Waals surface area contributed by atoms with E-state index < -0.39 is 0 Å². The van der Waals surface area contributed by atoms with Crippen molar-refractivity contribution in [1.29, 1.82) is 5.26 Å². The largest absolute Gasteiger partial charge is 0.360 e. The van der Waals surface area contributed by atoms with Crippen LogP contribution < -0.4 is 11.1 Å². The molecule has 30 heavy (non-hydrogen) atoms. The Hall–Kier alpha value is -3.88. The second kappa shape index (κ2) is 8.24. The number of amides is 1. The number of nitrogens with two attached hydrogens (primary N) is 1. The molecule has 3 aromatic carbocycles. The van der Waals surface area contributed by atoms with Gasteiger partial charge in [0.05, 0.1) is 17.2 Å². The van der Waals surface area contributed by atoms with Gasteiger partial charge in [-0.25, -0.2) is 0 Å². The molecule has 0 unspecified atom stereocenters. The molecule has 5 heteroatoms.